The molecule has 23 heavy (non-hydrogen) atoms. The first-order valence-electron chi connectivity index (χ1n) is 7.73. The summed E-state index contributed by atoms with van der Waals surface area (Å²) in [5, 5.41) is 16.0. The van der Waals surface area contributed by atoms with Gasteiger partial charge in [0.2, 0.25) is 0 Å². The molecule has 0 unspecified atom stereocenters. The van der Waals surface area contributed by atoms with E-state index in [1.807, 2.05) is 53.5 Å². The average Bonchev–Trinajstić information content (AvgIpc) is 2.83. The van der Waals surface area contributed by atoms with Gasteiger partial charge in [-0.1, -0.05) is 5.16 Å². The van der Waals surface area contributed by atoms with Gasteiger partial charge in [-0.2, -0.15) is 0 Å². The van der Waals surface area contributed by atoms with E-state index in [2.05, 4.69) is 10.5 Å². The van der Waals surface area contributed by atoms with Gasteiger partial charge in [0, 0.05) is 12.1 Å². The fraction of sp³-hybridized carbons (Fsp3) is 0.750. The lowest BCUT2D eigenvalue weighted by Crippen LogP contribution is -2.44. The predicted octanol–water partition coefficient (Wildman–Crippen LogP) is 2.25. The van der Waals surface area contributed by atoms with Crippen molar-refractivity contribution in [2.75, 3.05) is 13.7 Å². The maximum atomic E-state index is 11.9. The van der Waals surface area contributed by atoms with Crippen LogP contribution in [0.1, 0.15) is 53.0 Å². The zero-order valence-corrected chi connectivity index (χ0v) is 15.1. The van der Waals surface area contributed by atoms with E-state index in [0.29, 0.717) is 18.0 Å². The van der Waals surface area contributed by atoms with E-state index < -0.39 is 17.2 Å². The number of aliphatic hydroxyl groups excluding tert-OH is 1. The molecular formula is C16H29N3O4. The number of nitrogens with zero attached hydrogens (tertiary/aromatic N) is 2. The summed E-state index contributed by atoms with van der Waals surface area (Å²) in [6.45, 7) is 11.6. The van der Waals surface area contributed by atoms with Gasteiger partial charge >= 0.3 is 6.09 Å². The van der Waals surface area contributed by atoms with Gasteiger partial charge in [0.1, 0.15) is 11.3 Å². The number of rotatable bonds is 6. The molecule has 0 saturated heterocycles. The first-order valence-corrected chi connectivity index (χ1v) is 7.73. The van der Waals surface area contributed by atoms with Gasteiger partial charge in [0.25, 0.3) is 0 Å². The smallest absolute Gasteiger partial charge is 0.408 e. The number of hydrogen-bond donors (Lipinski definition) is 2. The minimum atomic E-state index is -0.717. The lowest BCUT2D eigenvalue weighted by atomic mass is 10.0. The van der Waals surface area contributed by atoms with Crippen molar-refractivity contribution >= 4 is 6.09 Å². The number of aromatic nitrogens is 1. The van der Waals surface area contributed by atoms with E-state index in [1.54, 1.807) is 6.07 Å². The summed E-state index contributed by atoms with van der Waals surface area (Å²) in [6.07, 6.45) is -0.502. The van der Waals surface area contributed by atoms with Crippen LogP contribution < -0.4 is 5.32 Å². The molecule has 1 aromatic rings. The first-order chi connectivity index (χ1) is 10.4. The van der Waals surface area contributed by atoms with Crippen molar-refractivity contribution in [1.82, 2.24) is 15.4 Å². The summed E-state index contributed by atoms with van der Waals surface area (Å²) < 4.78 is 10.6. The molecule has 0 bridgehead atoms. The van der Waals surface area contributed by atoms with E-state index in [1.165, 1.54) is 0 Å². The highest BCUT2D eigenvalue weighted by Gasteiger charge is 2.29. The molecule has 7 heteroatoms. The molecule has 0 aliphatic heterocycles. The molecule has 1 rings (SSSR count). The zero-order chi connectivity index (χ0) is 17.8. The molecule has 1 atom stereocenters. The van der Waals surface area contributed by atoms with Crippen LogP contribution in [0.3, 0.4) is 0 Å². The zero-order valence-electron chi connectivity index (χ0n) is 15.1. The van der Waals surface area contributed by atoms with Gasteiger partial charge in [-0.15, -0.1) is 0 Å². The third kappa shape index (κ3) is 6.19. The first kappa shape index (κ1) is 19.4. The van der Waals surface area contributed by atoms with Gasteiger partial charge in [-0.3, -0.25) is 4.90 Å². The van der Waals surface area contributed by atoms with Crippen LogP contribution in [-0.2, 0) is 16.8 Å². The molecular weight excluding hydrogens is 298 g/mol. The molecule has 0 radical (unpaired) electrons. The lowest BCUT2D eigenvalue weighted by molar-refractivity contribution is 0.0467. The van der Waals surface area contributed by atoms with Crippen molar-refractivity contribution in [3.8, 4) is 0 Å². The number of aliphatic hydroxyl groups is 1. The number of hydrogen-bond acceptors (Lipinski definition) is 6. The van der Waals surface area contributed by atoms with Crippen molar-refractivity contribution < 1.29 is 19.2 Å². The standard InChI is InChI=1S/C16H29N3O4/c1-11(10-20)19(7)9-12-8-13(18-23-12)16(5,6)17-14(21)22-15(2,3)4/h8,11,20H,9-10H2,1-7H3,(H,17,21)/t11-/m0/s1. The van der Waals surface area contributed by atoms with Gasteiger partial charge in [-0.25, -0.2) is 4.79 Å². The fourth-order valence-electron chi connectivity index (χ4n) is 1.85. The van der Waals surface area contributed by atoms with Crippen LogP contribution in [0.25, 0.3) is 0 Å². The van der Waals surface area contributed by atoms with Gasteiger partial charge in [0.05, 0.1) is 18.7 Å². The maximum Gasteiger partial charge on any atom is 0.408 e. The third-order valence-electron chi connectivity index (χ3n) is 3.43. The molecule has 7 nitrogen and oxygen atoms in total. The number of amides is 1. The van der Waals surface area contributed by atoms with Crippen LogP contribution in [0.5, 0.6) is 0 Å². The molecule has 132 valence electrons. The molecule has 2 N–H and O–H groups in total. The average molecular weight is 327 g/mol. The summed E-state index contributed by atoms with van der Waals surface area (Å²) in [5.74, 6) is 0.668. The number of carbonyl (C=O) groups is 1. The molecule has 1 amide bonds. The Kier molecular flexibility index (Phi) is 6.18. The second-order valence-corrected chi connectivity index (χ2v) is 7.38. The molecule has 0 aliphatic carbocycles. The van der Waals surface area contributed by atoms with Crippen LogP contribution >= 0.6 is 0 Å². The minimum absolute atomic E-state index is 0.0245. The predicted molar refractivity (Wildman–Crippen MR) is 86.9 cm³/mol. The Hall–Kier alpha value is -1.60. The normalized spacial score (nSPS) is 14.0. The topological polar surface area (TPSA) is 87.8 Å². The molecule has 0 aromatic carbocycles. The lowest BCUT2D eigenvalue weighted by Gasteiger charge is -2.26. The van der Waals surface area contributed by atoms with Crippen molar-refractivity contribution in [1.29, 1.82) is 0 Å². The van der Waals surface area contributed by atoms with Crippen LogP contribution in [0, 0.1) is 0 Å². The second kappa shape index (κ2) is 7.31. The summed E-state index contributed by atoms with van der Waals surface area (Å²) in [6, 6.07) is 1.83. The second-order valence-electron chi connectivity index (χ2n) is 7.38. The number of nitrogens with one attached hydrogen (secondary N) is 1. The molecule has 0 fully saturated rings. The van der Waals surface area contributed by atoms with Crippen molar-refractivity contribution in [2.24, 2.45) is 0 Å². The Morgan fingerprint density at radius 1 is 1.43 bits per heavy atom. The maximum absolute atomic E-state index is 11.9. The SMILES string of the molecule is C[C@@H](CO)N(C)Cc1cc(C(C)(C)NC(=O)OC(C)(C)C)no1. The Morgan fingerprint density at radius 2 is 2.04 bits per heavy atom. The third-order valence-corrected chi connectivity index (χ3v) is 3.43. The largest absolute Gasteiger partial charge is 0.444 e. The number of ether oxygens (including phenoxy) is 1. The highest BCUT2D eigenvalue weighted by Crippen LogP contribution is 2.21. The van der Waals surface area contributed by atoms with Crippen molar-refractivity contribution in [3.63, 3.8) is 0 Å². The minimum Gasteiger partial charge on any atom is -0.444 e. The molecule has 1 heterocycles. The summed E-state index contributed by atoms with van der Waals surface area (Å²) in [5.41, 5.74) is -0.660. The quantitative estimate of drug-likeness (QED) is 0.833. The van der Waals surface area contributed by atoms with Crippen molar-refractivity contribution in [3.05, 3.63) is 17.5 Å². The van der Waals surface area contributed by atoms with Gasteiger partial charge in [-0.05, 0) is 48.6 Å². The van der Waals surface area contributed by atoms with Crippen LogP contribution in [0.15, 0.2) is 10.6 Å². The van der Waals surface area contributed by atoms with Crippen LogP contribution in [0.2, 0.25) is 0 Å². The highest BCUT2D eigenvalue weighted by atomic mass is 16.6. The van der Waals surface area contributed by atoms with E-state index in [9.17, 15) is 4.79 Å². The van der Waals surface area contributed by atoms with E-state index >= 15 is 0 Å². The molecule has 0 spiro atoms. The Morgan fingerprint density at radius 3 is 2.57 bits per heavy atom. The summed E-state index contributed by atoms with van der Waals surface area (Å²) in [7, 11) is 1.90. The Bertz CT molecular complexity index is 520. The molecule has 0 saturated carbocycles. The van der Waals surface area contributed by atoms with Crippen LogP contribution in [-0.4, -0.2) is 46.6 Å². The van der Waals surface area contributed by atoms with Crippen LogP contribution in [0.4, 0.5) is 4.79 Å². The Labute approximate surface area is 138 Å². The summed E-state index contributed by atoms with van der Waals surface area (Å²) in [4.78, 5) is 13.9. The monoisotopic (exact) mass is 327 g/mol. The molecule has 0 aliphatic rings. The van der Waals surface area contributed by atoms with E-state index in [-0.39, 0.29) is 12.6 Å². The van der Waals surface area contributed by atoms with Gasteiger partial charge in [0.15, 0.2) is 5.76 Å². The fourth-order valence-corrected chi connectivity index (χ4v) is 1.85. The van der Waals surface area contributed by atoms with E-state index in [4.69, 9.17) is 14.4 Å². The van der Waals surface area contributed by atoms with Crippen molar-refractivity contribution in [2.45, 2.75) is 65.3 Å². The Balaban J connectivity index is 2.73. The highest BCUT2D eigenvalue weighted by molar-refractivity contribution is 5.68. The van der Waals surface area contributed by atoms with E-state index in [0.717, 1.165) is 0 Å². The molecule has 1 aromatic heterocycles. The summed E-state index contributed by atoms with van der Waals surface area (Å²) >= 11 is 0. The number of alkyl carbamates (subject to hydrolysis) is 1. The number of likely N-dealkylation sites (N-methyl/N-ethyl adjacent to an activating group) is 1. The number of carbonyl (C=O) groups excluding carboxylic acids is 1. The van der Waals surface area contributed by atoms with Gasteiger partial charge < -0.3 is 19.7 Å².